The summed E-state index contributed by atoms with van der Waals surface area (Å²) < 4.78 is 0. The topological polar surface area (TPSA) is 3.24 Å². The Morgan fingerprint density at radius 1 is 0.222 bits per heavy atom. The molecule has 0 saturated carbocycles. The third kappa shape index (κ3) is 7.06. The summed E-state index contributed by atoms with van der Waals surface area (Å²) in [7, 11) is 0. The van der Waals surface area contributed by atoms with E-state index in [-0.39, 0.29) is 0 Å². The minimum Gasteiger partial charge on any atom is -0.309 e. The Balaban J connectivity index is 1.15. The molecule has 0 unspecified atom stereocenters. The van der Waals surface area contributed by atoms with Crippen LogP contribution in [-0.4, -0.2) is 0 Å². The largest absolute Gasteiger partial charge is 0.309 e. The van der Waals surface area contributed by atoms with Gasteiger partial charge in [-0.2, -0.15) is 0 Å². The smallest absolute Gasteiger partial charge is 0.0540 e. The fraction of sp³-hybridized carbons (Fsp3) is 0. The summed E-state index contributed by atoms with van der Waals surface area (Å²) in [4.78, 5) is 2.45. The van der Waals surface area contributed by atoms with Crippen LogP contribution in [0.2, 0.25) is 0 Å². The van der Waals surface area contributed by atoms with Gasteiger partial charge in [0.15, 0.2) is 0 Å². The highest BCUT2D eigenvalue weighted by molar-refractivity contribution is 6.25. The van der Waals surface area contributed by atoms with Crippen LogP contribution in [0.1, 0.15) is 0 Å². The highest BCUT2D eigenvalue weighted by Gasteiger charge is 2.23. The molecule has 0 aliphatic rings. The van der Waals surface area contributed by atoms with Crippen LogP contribution in [-0.2, 0) is 0 Å². The minimum absolute atomic E-state index is 1.07. The summed E-state index contributed by atoms with van der Waals surface area (Å²) in [6.45, 7) is 0. The first-order chi connectivity index (χ1) is 31.3. The Hall–Kier alpha value is -8.26. The van der Waals surface area contributed by atoms with Crippen molar-refractivity contribution in [2.45, 2.75) is 0 Å². The van der Waals surface area contributed by atoms with Crippen molar-refractivity contribution in [2.24, 2.45) is 0 Å². The number of nitrogens with zero attached hydrogens (tertiary/aromatic N) is 1. The minimum atomic E-state index is 1.07. The van der Waals surface area contributed by atoms with Gasteiger partial charge in [0.25, 0.3) is 0 Å². The average Bonchev–Trinajstić information content (AvgIpc) is 3.37. The predicted molar refractivity (Wildman–Crippen MR) is 269 cm³/mol. The van der Waals surface area contributed by atoms with Gasteiger partial charge in [0.2, 0.25) is 0 Å². The molecule has 0 N–H and O–H groups in total. The van der Waals surface area contributed by atoms with Crippen molar-refractivity contribution in [3.63, 3.8) is 0 Å². The lowest BCUT2D eigenvalue weighted by atomic mass is 9.82. The normalized spacial score (nSPS) is 11.2. The fourth-order valence-electron chi connectivity index (χ4n) is 9.40. The molecule has 1 heteroatoms. The fourth-order valence-corrected chi connectivity index (χ4v) is 9.40. The molecule has 0 amide bonds. The van der Waals surface area contributed by atoms with Crippen molar-refractivity contribution in [3.8, 4) is 66.8 Å². The standard InChI is InChI=1S/C62H43N/c1-6-21-44(22-7-1)50-39-42-59(57(43-50)46-25-10-3-11-26-46)63(58-36-19-18-31-52(58)45-23-8-2-9-24-45)51-40-37-47(38-41-51)53-34-20-35-56-54-32-16-17-33-55(54)60(48-27-12-4-13-28-48)61(62(53)56)49-29-14-5-15-30-49/h1-43H. The third-order valence-corrected chi connectivity index (χ3v) is 12.3. The second-order valence-electron chi connectivity index (χ2n) is 16.0. The summed E-state index contributed by atoms with van der Waals surface area (Å²) in [6.07, 6.45) is 0. The van der Waals surface area contributed by atoms with Crippen molar-refractivity contribution in [1.82, 2.24) is 0 Å². The van der Waals surface area contributed by atoms with Gasteiger partial charge in [-0.3, -0.25) is 0 Å². The van der Waals surface area contributed by atoms with Gasteiger partial charge in [-0.1, -0.05) is 231 Å². The van der Waals surface area contributed by atoms with E-state index in [2.05, 4.69) is 266 Å². The van der Waals surface area contributed by atoms with Gasteiger partial charge in [0.05, 0.1) is 11.4 Å². The summed E-state index contributed by atoms with van der Waals surface area (Å²) >= 11 is 0. The Labute approximate surface area is 369 Å². The second-order valence-corrected chi connectivity index (χ2v) is 16.0. The van der Waals surface area contributed by atoms with E-state index >= 15 is 0 Å². The van der Waals surface area contributed by atoms with E-state index < -0.39 is 0 Å². The number of benzene rings is 11. The van der Waals surface area contributed by atoms with Crippen LogP contribution in [0, 0.1) is 0 Å². The van der Waals surface area contributed by atoms with E-state index in [9.17, 15) is 0 Å². The van der Waals surface area contributed by atoms with E-state index in [0.29, 0.717) is 0 Å². The van der Waals surface area contributed by atoms with E-state index in [0.717, 1.165) is 39.3 Å². The van der Waals surface area contributed by atoms with Crippen LogP contribution in [0.3, 0.4) is 0 Å². The third-order valence-electron chi connectivity index (χ3n) is 12.3. The molecule has 11 aromatic carbocycles. The van der Waals surface area contributed by atoms with Crippen molar-refractivity contribution in [3.05, 3.63) is 261 Å². The average molecular weight is 802 g/mol. The molecule has 0 aliphatic heterocycles. The number of anilines is 3. The van der Waals surface area contributed by atoms with E-state index in [1.807, 2.05) is 0 Å². The molecule has 63 heavy (non-hydrogen) atoms. The maximum Gasteiger partial charge on any atom is 0.0540 e. The molecule has 1 nitrogen and oxygen atoms in total. The Morgan fingerprint density at radius 3 is 1.29 bits per heavy atom. The lowest BCUT2D eigenvalue weighted by Crippen LogP contribution is -2.12. The van der Waals surface area contributed by atoms with E-state index in [1.54, 1.807) is 0 Å². The lowest BCUT2D eigenvalue weighted by molar-refractivity contribution is 1.28. The zero-order valence-electron chi connectivity index (χ0n) is 34.8. The number of rotatable bonds is 9. The molecular weight excluding hydrogens is 759 g/mol. The van der Waals surface area contributed by atoms with Gasteiger partial charge in [-0.05, 0) is 108 Å². The van der Waals surface area contributed by atoms with Crippen LogP contribution in [0.25, 0.3) is 88.3 Å². The van der Waals surface area contributed by atoms with Gasteiger partial charge in [0, 0.05) is 16.8 Å². The maximum atomic E-state index is 2.45. The molecule has 0 aliphatic carbocycles. The van der Waals surface area contributed by atoms with Crippen molar-refractivity contribution < 1.29 is 0 Å². The molecule has 0 saturated heterocycles. The SMILES string of the molecule is c1ccc(-c2ccc(N(c3ccc(-c4cccc5c4c(-c4ccccc4)c(-c4ccccc4)c4ccccc45)cc3)c3ccccc3-c3ccccc3)c(-c3ccccc3)c2)cc1. The molecular formula is C62H43N. The van der Waals surface area contributed by atoms with Gasteiger partial charge in [-0.15, -0.1) is 0 Å². The molecule has 0 atom stereocenters. The summed E-state index contributed by atoms with van der Waals surface area (Å²) in [6, 6.07) is 94.6. The van der Waals surface area contributed by atoms with E-state index in [1.165, 1.54) is 66.1 Å². The molecule has 0 aromatic heterocycles. The number of fused-ring (bicyclic) bond motifs is 3. The van der Waals surface area contributed by atoms with Gasteiger partial charge < -0.3 is 4.90 Å². The highest BCUT2D eigenvalue weighted by atomic mass is 15.1. The molecule has 296 valence electrons. The quantitative estimate of drug-likeness (QED) is 0.131. The monoisotopic (exact) mass is 801 g/mol. The van der Waals surface area contributed by atoms with E-state index in [4.69, 9.17) is 0 Å². The molecule has 0 heterocycles. The number of hydrogen-bond donors (Lipinski definition) is 0. The number of hydrogen-bond acceptors (Lipinski definition) is 1. The Morgan fingerprint density at radius 2 is 0.651 bits per heavy atom. The van der Waals surface area contributed by atoms with Crippen LogP contribution in [0.4, 0.5) is 17.1 Å². The zero-order chi connectivity index (χ0) is 42.0. The summed E-state index contributed by atoms with van der Waals surface area (Å²) in [5, 5.41) is 5.00. The molecule has 11 rings (SSSR count). The number of para-hydroxylation sites is 1. The first-order valence-corrected chi connectivity index (χ1v) is 21.7. The zero-order valence-corrected chi connectivity index (χ0v) is 34.8. The van der Waals surface area contributed by atoms with Crippen LogP contribution in [0.5, 0.6) is 0 Å². The highest BCUT2D eigenvalue weighted by Crippen LogP contribution is 2.49. The Bertz CT molecular complexity index is 3340. The van der Waals surface area contributed by atoms with Crippen LogP contribution < -0.4 is 4.90 Å². The first-order valence-electron chi connectivity index (χ1n) is 21.7. The van der Waals surface area contributed by atoms with Crippen LogP contribution >= 0.6 is 0 Å². The lowest BCUT2D eigenvalue weighted by Gasteiger charge is -2.30. The Kier molecular flexibility index (Phi) is 9.97. The van der Waals surface area contributed by atoms with Crippen molar-refractivity contribution in [2.75, 3.05) is 4.90 Å². The van der Waals surface area contributed by atoms with Crippen LogP contribution in [0.15, 0.2) is 261 Å². The summed E-state index contributed by atoms with van der Waals surface area (Å²) in [5.41, 5.74) is 17.6. The molecule has 11 aromatic rings. The van der Waals surface area contributed by atoms with Crippen molar-refractivity contribution in [1.29, 1.82) is 0 Å². The maximum absolute atomic E-state index is 2.45. The molecule has 0 bridgehead atoms. The van der Waals surface area contributed by atoms with Gasteiger partial charge in [-0.25, -0.2) is 0 Å². The second kappa shape index (κ2) is 16.7. The predicted octanol–water partition coefficient (Wildman–Crippen LogP) is 17.5. The molecule has 0 radical (unpaired) electrons. The molecule has 0 spiro atoms. The van der Waals surface area contributed by atoms with Gasteiger partial charge >= 0.3 is 0 Å². The molecule has 0 fully saturated rings. The summed E-state index contributed by atoms with van der Waals surface area (Å²) in [5.74, 6) is 0. The van der Waals surface area contributed by atoms with Crippen molar-refractivity contribution >= 4 is 38.6 Å². The first kappa shape index (κ1) is 37.7. The van der Waals surface area contributed by atoms with Gasteiger partial charge in [0.1, 0.15) is 0 Å².